The zero-order valence-corrected chi connectivity index (χ0v) is 18.4. The highest BCUT2D eigenvalue weighted by atomic mass is 16.5. The third kappa shape index (κ3) is 4.10. The molecule has 0 saturated carbocycles. The number of carbonyl (C=O) groups excluding carboxylic acids is 3. The maximum Gasteiger partial charge on any atom is 0.266 e. The number of hydrogen-bond donors (Lipinski definition) is 1. The number of carbonyl (C=O) groups is 3. The first-order valence-electron chi connectivity index (χ1n) is 10.3. The monoisotopic (exact) mass is 446 g/mol. The molecule has 0 saturated heterocycles. The number of methoxy groups -OCH3 is 2. The van der Waals surface area contributed by atoms with E-state index in [4.69, 9.17) is 14.2 Å². The van der Waals surface area contributed by atoms with Gasteiger partial charge in [0.05, 0.1) is 43.3 Å². The van der Waals surface area contributed by atoms with Crippen LogP contribution in [-0.2, 0) is 0 Å². The molecule has 0 aliphatic carbocycles. The van der Waals surface area contributed by atoms with Gasteiger partial charge in [0, 0.05) is 11.6 Å². The lowest BCUT2D eigenvalue weighted by Gasteiger charge is -2.14. The summed E-state index contributed by atoms with van der Waals surface area (Å²) in [6.45, 7) is 2.38. The van der Waals surface area contributed by atoms with Crippen LogP contribution in [0, 0.1) is 0 Å². The Kier molecular flexibility index (Phi) is 5.99. The summed E-state index contributed by atoms with van der Waals surface area (Å²) in [5.41, 5.74) is 1.48. The van der Waals surface area contributed by atoms with E-state index in [1.54, 1.807) is 42.5 Å². The molecule has 1 heterocycles. The third-order valence-electron chi connectivity index (χ3n) is 5.21. The van der Waals surface area contributed by atoms with E-state index in [-0.39, 0.29) is 16.7 Å². The number of ether oxygens (including phenoxy) is 3. The van der Waals surface area contributed by atoms with Crippen LogP contribution < -0.4 is 24.4 Å². The molecule has 0 aromatic heterocycles. The molecule has 0 bridgehead atoms. The molecule has 3 aromatic carbocycles. The van der Waals surface area contributed by atoms with E-state index in [1.165, 1.54) is 32.4 Å². The van der Waals surface area contributed by atoms with Crippen molar-refractivity contribution in [2.75, 3.05) is 31.0 Å². The Bertz CT molecular complexity index is 1240. The Labute approximate surface area is 190 Å². The number of benzene rings is 3. The van der Waals surface area contributed by atoms with Gasteiger partial charge in [0.25, 0.3) is 17.7 Å². The summed E-state index contributed by atoms with van der Waals surface area (Å²) in [4.78, 5) is 39.9. The van der Waals surface area contributed by atoms with Gasteiger partial charge in [0.2, 0.25) is 0 Å². The predicted octanol–water partition coefficient (Wildman–Crippen LogP) is 4.16. The van der Waals surface area contributed by atoms with Gasteiger partial charge in [-0.3, -0.25) is 14.4 Å². The van der Waals surface area contributed by atoms with Crippen LogP contribution in [0.1, 0.15) is 38.0 Å². The van der Waals surface area contributed by atoms with Crippen molar-refractivity contribution < 1.29 is 28.6 Å². The Morgan fingerprint density at radius 3 is 2.21 bits per heavy atom. The molecule has 0 spiro atoms. The van der Waals surface area contributed by atoms with E-state index < -0.39 is 17.7 Å². The van der Waals surface area contributed by atoms with Gasteiger partial charge in [-0.1, -0.05) is 0 Å². The molecule has 8 nitrogen and oxygen atoms in total. The average Bonchev–Trinajstić information content (AvgIpc) is 3.09. The number of hydrogen-bond acceptors (Lipinski definition) is 6. The first-order chi connectivity index (χ1) is 16.0. The quantitative estimate of drug-likeness (QED) is 0.548. The molecule has 8 heteroatoms. The van der Waals surface area contributed by atoms with Crippen molar-refractivity contribution in [3.05, 3.63) is 77.4 Å². The van der Waals surface area contributed by atoms with Crippen LogP contribution in [0.2, 0.25) is 0 Å². The summed E-state index contributed by atoms with van der Waals surface area (Å²) in [6, 6.07) is 16.1. The van der Waals surface area contributed by atoms with E-state index >= 15 is 0 Å². The van der Waals surface area contributed by atoms with Crippen LogP contribution in [0.5, 0.6) is 17.2 Å². The number of amides is 3. The fraction of sp³-hybridized carbons (Fsp3) is 0.160. The molecule has 0 unspecified atom stereocenters. The number of anilines is 2. The third-order valence-corrected chi connectivity index (χ3v) is 5.21. The Morgan fingerprint density at radius 2 is 1.55 bits per heavy atom. The van der Waals surface area contributed by atoms with Gasteiger partial charge in [-0.05, 0) is 61.5 Å². The maximum absolute atomic E-state index is 13.0. The molecule has 1 N–H and O–H groups in total. The molecule has 0 atom stereocenters. The average molecular weight is 446 g/mol. The van der Waals surface area contributed by atoms with Crippen molar-refractivity contribution >= 4 is 29.1 Å². The molecule has 3 amide bonds. The second kappa shape index (κ2) is 9.04. The van der Waals surface area contributed by atoms with Crippen LogP contribution in [0.25, 0.3) is 0 Å². The minimum atomic E-state index is -0.493. The molecule has 0 radical (unpaired) electrons. The largest absolute Gasteiger partial charge is 0.497 e. The standard InChI is InChI=1S/C25H22N2O6/c1-4-33-17-8-6-16(7-9-17)27-24(29)19-11-5-15(13-20(19)25(27)30)23(28)26-21-14-18(31-2)10-12-22(21)32-3/h5-14H,4H2,1-3H3,(H,26,28). The molecular formula is C25H22N2O6. The van der Waals surface area contributed by atoms with Gasteiger partial charge in [-0.25, -0.2) is 4.90 Å². The first-order valence-corrected chi connectivity index (χ1v) is 10.3. The zero-order chi connectivity index (χ0) is 23.5. The normalized spacial score (nSPS) is 12.4. The van der Waals surface area contributed by atoms with E-state index in [9.17, 15) is 14.4 Å². The van der Waals surface area contributed by atoms with Gasteiger partial charge >= 0.3 is 0 Å². The van der Waals surface area contributed by atoms with Crippen LogP contribution in [0.3, 0.4) is 0 Å². The Morgan fingerprint density at radius 1 is 0.848 bits per heavy atom. The van der Waals surface area contributed by atoms with Crippen LogP contribution >= 0.6 is 0 Å². The van der Waals surface area contributed by atoms with E-state index in [0.29, 0.717) is 35.2 Å². The fourth-order valence-electron chi connectivity index (χ4n) is 3.58. The Hall–Kier alpha value is -4.33. The van der Waals surface area contributed by atoms with Gasteiger partial charge in [-0.15, -0.1) is 0 Å². The summed E-state index contributed by atoms with van der Waals surface area (Å²) < 4.78 is 15.9. The minimum absolute atomic E-state index is 0.166. The second-order valence-corrected chi connectivity index (χ2v) is 7.15. The van der Waals surface area contributed by atoms with Crippen molar-refractivity contribution in [2.24, 2.45) is 0 Å². The highest BCUT2D eigenvalue weighted by molar-refractivity contribution is 6.34. The predicted molar refractivity (Wildman–Crippen MR) is 123 cm³/mol. The first kappa shape index (κ1) is 21.9. The van der Waals surface area contributed by atoms with Crippen molar-refractivity contribution in [1.29, 1.82) is 0 Å². The fourth-order valence-corrected chi connectivity index (χ4v) is 3.58. The summed E-state index contributed by atoms with van der Waals surface area (Å²) in [7, 11) is 3.01. The van der Waals surface area contributed by atoms with Crippen LogP contribution in [-0.4, -0.2) is 38.5 Å². The molecule has 3 aromatic rings. The molecule has 0 fully saturated rings. The lowest BCUT2D eigenvalue weighted by atomic mass is 10.1. The van der Waals surface area contributed by atoms with Crippen molar-refractivity contribution in [3.63, 3.8) is 0 Å². The van der Waals surface area contributed by atoms with Gasteiger partial charge in [-0.2, -0.15) is 0 Å². The summed E-state index contributed by atoms with van der Waals surface area (Å²) in [5.74, 6) is 0.257. The number of rotatable bonds is 7. The number of imide groups is 1. The minimum Gasteiger partial charge on any atom is -0.497 e. The molecule has 1 aliphatic rings. The molecule has 1 aliphatic heterocycles. The van der Waals surface area contributed by atoms with Crippen LogP contribution in [0.15, 0.2) is 60.7 Å². The van der Waals surface area contributed by atoms with Gasteiger partial charge < -0.3 is 19.5 Å². The summed E-state index contributed by atoms with van der Waals surface area (Å²) in [5, 5.41) is 2.76. The number of fused-ring (bicyclic) bond motifs is 1. The van der Waals surface area contributed by atoms with Gasteiger partial charge in [0.15, 0.2) is 0 Å². The van der Waals surface area contributed by atoms with E-state index in [2.05, 4.69) is 5.32 Å². The molecule has 33 heavy (non-hydrogen) atoms. The smallest absolute Gasteiger partial charge is 0.266 e. The second-order valence-electron chi connectivity index (χ2n) is 7.15. The number of nitrogens with zero attached hydrogens (tertiary/aromatic N) is 1. The number of nitrogens with one attached hydrogen (secondary N) is 1. The van der Waals surface area contributed by atoms with Gasteiger partial charge in [0.1, 0.15) is 17.2 Å². The molecular weight excluding hydrogens is 424 g/mol. The lowest BCUT2D eigenvalue weighted by molar-refractivity contribution is 0.0925. The van der Waals surface area contributed by atoms with Crippen molar-refractivity contribution in [3.8, 4) is 17.2 Å². The van der Waals surface area contributed by atoms with Crippen LogP contribution in [0.4, 0.5) is 11.4 Å². The summed E-state index contributed by atoms with van der Waals surface area (Å²) in [6.07, 6.45) is 0. The van der Waals surface area contributed by atoms with Crippen molar-refractivity contribution in [1.82, 2.24) is 0 Å². The topological polar surface area (TPSA) is 94.2 Å². The van der Waals surface area contributed by atoms with E-state index in [1.807, 2.05) is 6.92 Å². The SMILES string of the molecule is CCOc1ccc(N2C(=O)c3ccc(C(=O)Nc4cc(OC)ccc4OC)cc3C2=O)cc1. The highest BCUT2D eigenvalue weighted by Crippen LogP contribution is 2.32. The Balaban J connectivity index is 1.60. The van der Waals surface area contributed by atoms with Crippen molar-refractivity contribution in [2.45, 2.75) is 6.92 Å². The van der Waals surface area contributed by atoms with E-state index in [0.717, 1.165) is 4.90 Å². The highest BCUT2D eigenvalue weighted by Gasteiger charge is 2.37. The lowest BCUT2D eigenvalue weighted by Crippen LogP contribution is -2.29. The maximum atomic E-state index is 13.0. The molecule has 4 rings (SSSR count). The molecule has 168 valence electrons. The zero-order valence-electron chi connectivity index (χ0n) is 18.4. The summed E-state index contributed by atoms with van der Waals surface area (Å²) >= 11 is 0.